The first-order valence-electron chi connectivity index (χ1n) is 20.3. The molecule has 0 saturated heterocycles. The van der Waals surface area contributed by atoms with Crippen LogP contribution in [0.25, 0.3) is 0 Å². The maximum Gasteiger partial charge on any atom is 1.00 e. The molecule has 0 radical (unpaired) electrons. The average molecular weight is 871 g/mol. The standard InChI is InChI=1S/C20H38O7S.C20H36O6S.2Na/c1-17(21)13-9-5-3-6-10-14-18(22)19(28(24,25)26)15-11-7-4-8-12-16-20(23)27-2;1-18(21)14-10-6-3-4-7-11-15-19(27(23,24)25)16-12-8-5-9-13-17-20(22)26-2;;/h18-19,22H,3-16H2,1-2H3,(H,24,25,26);11,15,19H,3-10,12-14,16-17H2,1-2H3,(H,23,24,25);;/q;;2*+1/p-2/b;15-11+;;. The fourth-order valence-electron chi connectivity index (χ4n) is 6.04. The molecule has 324 valence electrons. The molecular formula is C40H72Na2O13S2. The predicted molar refractivity (Wildman–Crippen MR) is 212 cm³/mol. The molecular weight excluding hydrogens is 799 g/mol. The van der Waals surface area contributed by atoms with Gasteiger partial charge in [0.15, 0.2) is 0 Å². The van der Waals surface area contributed by atoms with Gasteiger partial charge in [0.1, 0.15) is 31.8 Å². The van der Waals surface area contributed by atoms with E-state index < -0.39 is 36.8 Å². The van der Waals surface area contributed by atoms with Crippen LogP contribution < -0.4 is 59.1 Å². The molecule has 57 heavy (non-hydrogen) atoms. The average Bonchev–Trinajstić information content (AvgIpc) is 3.10. The van der Waals surface area contributed by atoms with Crippen LogP contribution in [0, 0.1) is 0 Å². The van der Waals surface area contributed by atoms with E-state index in [0.29, 0.717) is 57.8 Å². The zero-order valence-corrected chi connectivity index (χ0v) is 41.8. The molecule has 17 heteroatoms. The van der Waals surface area contributed by atoms with Crippen molar-refractivity contribution in [1.29, 1.82) is 0 Å². The Hall–Kier alpha value is -0.200. The topological polar surface area (TPSA) is 221 Å². The number of ether oxygens (including phenoxy) is 2. The summed E-state index contributed by atoms with van der Waals surface area (Å²) in [6.45, 7) is 3.16. The summed E-state index contributed by atoms with van der Waals surface area (Å²) in [4.78, 5) is 43.7. The fourth-order valence-corrected chi connectivity index (χ4v) is 7.78. The molecule has 0 heterocycles. The van der Waals surface area contributed by atoms with Crippen molar-refractivity contribution in [2.75, 3.05) is 14.2 Å². The number of aliphatic hydroxyl groups is 1. The van der Waals surface area contributed by atoms with Crippen LogP contribution in [-0.2, 0) is 48.9 Å². The van der Waals surface area contributed by atoms with Crippen LogP contribution in [0.4, 0.5) is 0 Å². The van der Waals surface area contributed by atoms with Gasteiger partial charge in [-0.2, -0.15) is 0 Å². The van der Waals surface area contributed by atoms with Crippen molar-refractivity contribution in [2.45, 2.75) is 204 Å². The Morgan fingerprint density at radius 1 is 0.526 bits per heavy atom. The number of esters is 2. The van der Waals surface area contributed by atoms with Crippen LogP contribution in [0.15, 0.2) is 12.2 Å². The maximum absolute atomic E-state index is 11.5. The third-order valence-electron chi connectivity index (χ3n) is 9.39. The zero-order chi connectivity index (χ0) is 42.0. The fraction of sp³-hybridized carbons (Fsp3) is 0.850. The second kappa shape index (κ2) is 41.2. The van der Waals surface area contributed by atoms with Crippen molar-refractivity contribution in [1.82, 2.24) is 0 Å². The molecule has 0 aromatic carbocycles. The van der Waals surface area contributed by atoms with E-state index in [4.69, 9.17) is 0 Å². The number of carbonyl (C=O) groups is 4. The molecule has 0 aromatic heterocycles. The number of aliphatic hydroxyl groups excluding tert-OH is 1. The predicted octanol–water partition coefficient (Wildman–Crippen LogP) is 1.78. The quantitative estimate of drug-likeness (QED) is 0.0316. The molecule has 0 aliphatic heterocycles. The van der Waals surface area contributed by atoms with E-state index in [1.165, 1.54) is 20.3 Å². The van der Waals surface area contributed by atoms with Crippen LogP contribution in [-0.4, -0.2) is 85.4 Å². The molecule has 3 unspecified atom stereocenters. The Kier molecular flexibility index (Phi) is 45.8. The number of hydrogen-bond donors (Lipinski definition) is 1. The van der Waals surface area contributed by atoms with Gasteiger partial charge in [0.2, 0.25) is 0 Å². The summed E-state index contributed by atoms with van der Waals surface area (Å²) in [5, 5.41) is 7.97. The number of hydrogen-bond acceptors (Lipinski definition) is 13. The number of allylic oxidation sites excluding steroid dienone is 1. The largest absolute Gasteiger partial charge is 1.00 e. The Morgan fingerprint density at radius 2 is 0.877 bits per heavy atom. The van der Waals surface area contributed by atoms with E-state index in [-0.39, 0.29) is 89.0 Å². The number of unbranched alkanes of at least 4 members (excludes halogenated alkanes) is 16. The van der Waals surface area contributed by atoms with Crippen LogP contribution in [0.3, 0.4) is 0 Å². The normalized spacial score (nSPS) is 13.0. The summed E-state index contributed by atoms with van der Waals surface area (Å²) in [5.74, 6) is -0.0553. The smallest absolute Gasteiger partial charge is 0.748 e. The first-order chi connectivity index (χ1) is 25.9. The van der Waals surface area contributed by atoms with Gasteiger partial charge in [-0.1, -0.05) is 102 Å². The van der Waals surface area contributed by atoms with Gasteiger partial charge < -0.3 is 33.3 Å². The second-order valence-electron chi connectivity index (χ2n) is 14.5. The number of Topliss-reactive ketones (excluding diaryl/α,β-unsaturated/α-hetero) is 2. The first-order valence-corrected chi connectivity index (χ1v) is 23.3. The SMILES string of the molecule is COC(=O)CCCCCCCC(/C=C/CCCCCCC(C)=O)S(=O)(=O)[O-].COC(=O)CCCCCCCC(C(O)CCCCCCCC(C)=O)S(=O)(=O)[O-].[Na+].[Na+]. The third-order valence-corrected chi connectivity index (χ3v) is 11.8. The molecule has 1 N–H and O–H groups in total. The van der Waals surface area contributed by atoms with Gasteiger partial charge in [-0.15, -0.1) is 0 Å². The minimum atomic E-state index is -4.54. The monoisotopic (exact) mass is 870 g/mol. The molecule has 0 spiro atoms. The third kappa shape index (κ3) is 43.7. The maximum atomic E-state index is 11.5. The summed E-state index contributed by atoms with van der Waals surface area (Å²) in [7, 11) is -6.14. The summed E-state index contributed by atoms with van der Waals surface area (Å²) in [5.41, 5.74) is 0. The van der Waals surface area contributed by atoms with Gasteiger partial charge in [0.25, 0.3) is 0 Å². The Morgan fingerprint density at radius 3 is 1.26 bits per heavy atom. The van der Waals surface area contributed by atoms with Crippen molar-refractivity contribution in [3.05, 3.63) is 12.2 Å². The minimum Gasteiger partial charge on any atom is -0.748 e. The molecule has 0 aliphatic carbocycles. The molecule has 0 amide bonds. The molecule has 0 saturated carbocycles. The van der Waals surface area contributed by atoms with E-state index in [0.717, 1.165) is 109 Å². The minimum absolute atomic E-state index is 0. The van der Waals surface area contributed by atoms with Crippen molar-refractivity contribution in [2.24, 2.45) is 0 Å². The van der Waals surface area contributed by atoms with Gasteiger partial charge in [0, 0.05) is 25.7 Å². The van der Waals surface area contributed by atoms with E-state index in [9.17, 15) is 50.2 Å². The van der Waals surface area contributed by atoms with Crippen molar-refractivity contribution in [3.8, 4) is 0 Å². The van der Waals surface area contributed by atoms with E-state index in [2.05, 4.69) is 9.47 Å². The summed E-state index contributed by atoms with van der Waals surface area (Å²) in [6, 6.07) is 0. The number of methoxy groups -OCH3 is 2. The zero-order valence-electron chi connectivity index (χ0n) is 36.1. The van der Waals surface area contributed by atoms with E-state index >= 15 is 0 Å². The number of rotatable bonds is 35. The molecule has 0 bridgehead atoms. The van der Waals surface area contributed by atoms with Gasteiger partial charge in [-0.05, 0) is 71.6 Å². The molecule has 0 rings (SSSR count). The van der Waals surface area contributed by atoms with Crippen molar-refractivity contribution in [3.63, 3.8) is 0 Å². The Bertz CT molecular complexity index is 1280. The molecule has 0 aliphatic rings. The summed E-state index contributed by atoms with van der Waals surface area (Å²) < 4.78 is 77.7. The number of ketones is 2. The Labute approximate surface area is 389 Å². The number of carbonyl (C=O) groups excluding carboxylic acids is 4. The van der Waals surface area contributed by atoms with Gasteiger partial charge in [0.05, 0.1) is 30.8 Å². The van der Waals surface area contributed by atoms with Crippen LogP contribution >= 0.6 is 0 Å². The van der Waals surface area contributed by atoms with Gasteiger partial charge in [-0.25, -0.2) is 16.8 Å². The van der Waals surface area contributed by atoms with Gasteiger partial charge in [-0.3, -0.25) is 9.59 Å². The first kappa shape index (κ1) is 63.4. The van der Waals surface area contributed by atoms with Gasteiger partial charge >= 0.3 is 71.1 Å². The molecule has 0 fully saturated rings. The van der Waals surface area contributed by atoms with E-state index in [1.54, 1.807) is 19.9 Å². The van der Waals surface area contributed by atoms with Crippen LogP contribution in [0.2, 0.25) is 0 Å². The molecule has 3 atom stereocenters. The summed E-state index contributed by atoms with van der Waals surface area (Å²) >= 11 is 0. The Balaban J connectivity index is -0.000000476. The van der Waals surface area contributed by atoms with Crippen LogP contribution in [0.5, 0.6) is 0 Å². The van der Waals surface area contributed by atoms with Crippen LogP contribution in [0.1, 0.15) is 187 Å². The summed E-state index contributed by atoms with van der Waals surface area (Å²) in [6.07, 6.45) is 21.7. The second-order valence-corrected chi connectivity index (χ2v) is 17.7. The van der Waals surface area contributed by atoms with E-state index in [1.807, 2.05) is 0 Å². The van der Waals surface area contributed by atoms with Crippen molar-refractivity contribution < 1.29 is 119 Å². The molecule has 13 nitrogen and oxygen atoms in total. The van der Waals surface area contributed by atoms with Crippen molar-refractivity contribution >= 4 is 43.7 Å². The molecule has 0 aromatic rings.